The third kappa shape index (κ3) is 5.27. The predicted molar refractivity (Wildman–Crippen MR) is 96.8 cm³/mol. The number of rotatable bonds is 8. The average Bonchev–Trinajstić information content (AvgIpc) is 2.62. The quantitative estimate of drug-likeness (QED) is 0.497. The number of hydrogen-bond donors (Lipinski definition) is 0. The summed E-state index contributed by atoms with van der Waals surface area (Å²) in [6, 6.07) is 15.5. The second-order valence-corrected chi connectivity index (χ2v) is 6.16. The van der Waals surface area contributed by atoms with Crippen LogP contribution in [0.3, 0.4) is 0 Å². The third-order valence-electron chi connectivity index (χ3n) is 4.13. The van der Waals surface area contributed by atoms with Crippen molar-refractivity contribution in [2.24, 2.45) is 0 Å². The van der Waals surface area contributed by atoms with Gasteiger partial charge in [0.25, 0.3) is 0 Å². The Kier molecular flexibility index (Phi) is 7.13. The number of halogens is 1. The van der Waals surface area contributed by atoms with Crippen LogP contribution in [0.1, 0.15) is 36.3 Å². The number of hydrogen-bond acceptors (Lipinski definition) is 3. The van der Waals surface area contributed by atoms with Crippen LogP contribution in [0, 0.1) is 0 Å². The number of benzene rings is 2. The van der Waals surface area contributed by atoms with E-state index in [0.29, 0.717) is 5.02 Å². The molecule has 2 aromatic rings. The maximum atomic E-state index is 12.1. The monoisotopic (exact) mass is 346 g/mol. The summed E-state index contributed by atoms with van der Waals surface area (Å²) in [6.07, 6.45) is 3.73. The SMILES string of the molecule is COC(=O)C(CCCCc1ccc(OC)cc1)c1ccc(Cl)cc1. The summed E-state index contributed by atoms with van der Waals surface area (Å²) in [7, 11) is 3.10. The third-order valence-corrected chi connectivity index (χ3v) is 4.38. The average molecular weight is 347 g/mol. The number of ether oxygens (including phenoxy) is 2. The number of aryl methyl sites for hydroxylation is 1. The minimum atomic E-state index is -0.233. The smallest absolute Gasteiger partial charge is 0.313 e. The van der Waals surface area contributed by atoms with Gasteiger partial charge in [0.2, 0.25) is 0 Å². The molecule has 0 saturated heterocycles. The van der Waals surface area contributed by atoms with E-state index in [1.165, 1.54) is 12.7 Å². The summed E-state index contributed by atoms with van der Waals surface area (Å²) >= 11 is 5.92. The Hall–Kier alpha value is -2.00. The molecule has 1 unspecified atom stereocenters. The molecule has 0 saturated carbocycles. The Morgan fingerprint density at radius 1 is 1.00 bits per heavy atom. The van der Waals surface area contributed by atoms with Crippen LogP contribution in [-0.4, -0.2) is 20.2 Å². The summed E-state index contributed by atoms with van der Waals surface area (Å²) < 4.78 is 10.1. The summed E-state index contributed by atoms with van der Waals surface area (Å²) in [4.78, 5) is 12.1. The highest BCUT2D eigenvalue weighted by molar-refractivity contribution is 6.30. The molecule has 24 heavy (non-hydrogen) atoms. The first kappa shape index (κ1) is 18.3. The van der Waals surface area contributed by atoms with Gasteiger partial charge >= 0.3 is 5.97 Å². The molecule has 4 heteroatoms. The fourth-order valence-electron chi connectivity index (χ4n) is 2.73. The van der Waals surface area contributed by atoms with E-state index >= 15 is 0 Å². The van der Waals surface area contributed by atoms with Gasteiger partial charge in [-0.05, 0) is 54.7 Å². The lowest BCUT2D eigenvalue weighted by atomic mass is 9.92. The van der Waals surface area contributed by atoms with Crippen LogP contribution in [-0.2, 0) is 16.0 Å². The molecule has 0 heterocycles. The molecule has 2 rings (SSSR count). The molecule has 0 aromatic heterocycles. The molecule has 0 N–H and O–H groups in total. The summed E-state index contributed by atoms with van der Waals surface area (Å²) in [5.74, 6) is 0.442. The number of methoxy groups -OCH3 is 2. The Labute approximate surface area is 148 Å². The number of carbonyl (C=O) groups excluding carboxylic acids is 1. The van der Waals surface area contributed by atoms with E-state index < -0.39 is 0 Å². The second-order valence-electron chi connectivity index (χ2n) is 5.72. The normalized spacial score (nSPS) is 11.8. The highest BCUT2D eigenvalue weighted by atomic mass is 35.5. The highest BCUT2D eigenvalue weighted by Gasteiger charge is 2.20. The van der Waals surface area contributed by atoms with Gasteiger partial charge in [0.05, 0.1) is 20.1 Å². The Bertz CT molecular complexity index is 635. The molecule has 0 amide bonds. The zero-order chi connectivity index (χ0) is 17.4. The van der Waals surface area contributed by atoms with Gasteiger partial charge in [-0.3, -0.25) is 4.79 Å². The molecular formula is C20H23ClO3. The van der Waals surface area contributed by atoms with Crippen LogP contribution in [0.5, 0.6) is 5.75 Å². The largest absolute Gasteiger partial charge is 0.497 e. The molecule has 0 fully saturated rings. The van der Waals surface area contributed by atoms with Gasteiger partial charge in [-0.15, -0.1) is 0 Å². The van der Waals surface area contributed by atoms with Crippen LogP contribution in [0.2, 0.25) is 5.02 Å². The van der Waals surface area contributed by atoms with Crippen molar-refractivity contribution < 1.29 is 14.3 Å². The Morgan fingerprint density at radius 2 is 1.67 bits per heavy atom. The van der Waals surface area contributed by atoms with E-state index in [1.54, 1.807) is 7.11 Å². The summed E-state index contributed by atoms with van der Waals surface area (Å²) in [5, 5.41) is 0.668. The van der Waals surface area contributed by atoms with Crippen molar-refractivity contribution in [2.75, 3.05) is 14.2 Å². The van der Waals surface area contributed by atoms with E-state index in [0.717, 1.165) is 37.0 Å². The standard InChI is InChI=1S/C20H23ClO3/c1-23-18-13-7-15(8-14-18)5-3-4-6-19(20(22)24-2)16-9-11-17(21)12-10-16/h7-14,19H,3-6H2,1-2H3. The number of unbranched alkanes of at least 4 members (excludes halogenated alkanes) is 1. The lowest BCUT2D eigenvalue weighted by Gasteiger charge is -2.15. The van der Waals surface area contributed by atoms with Gasteiger partial charge in [0, 0.05) is 5.02 Å². The number of carbonyl (C=O) groups is 1. The van der Waals surface area contributed by atoms with Crippen molar-refractivity contribution in [1.29, 1.82) is 0 Å². The summed E-state index contributed by atoms with van der Waals surface area (Å²) in [5.41, 5.74) is 2.23. The first-order valence-electron chi connectivity index (χ1n) is 8.10. The molecule has 0 aliphatic heterocycles. The second kappa shape index (κ2) is 9.33. The molecule has 128 valence electrons. The lowest BCUT2D eigenvalue weighted by Crippen LogP contribution is -2.14. The van der Waals surface area contributed by atoms with E-state index in [2.05, 4.69) is 12.1 Å². The maximum absolute atomic E-state index is 12.1. The molecule has 3 nitrogen and oxygen atoms in total. The minimum absolute atomic E-state index is 0.193. The molecule has 1 atom stereocenters. The van der Waals surface area contributed by atoms with Crippen molar-refractivity contribution in [3.8, 4) is 5.75 Å². The van der Waals surface area contributed by atoms with Crippen molar-refractivity contribution in [1.82, 2.24) is 0 Å². The van der Waals surface area contributed by atoms with E-state index in [4.69, 9.17) is 21.1 Å². The molecule has 0 aliphatic carbocycles. The van der Waals surface area contributed by atoms with Crippen molar-refractivity contribution in [3.63, 3.8) is 0 Å². The molecule has 0 bridgehead atoms. The van der Waals surface area contributed by atoms with E-state index in [-0.39, 0.29) is 11.9 Å². The first-order valence-corrected chi connectivity index (χ1v) is 8.48. The molecule has 0 spiro atoms. The van der Waals surface area contributed by atoms with Crippen LogP contribution in [0.25, 0.3) is 0 Å². The summed E-state index contributed by atoms with van der Waals surface area (Å²) in [6.45, 7) is 0. The van der Waals surface area contributed by atoms with Gasteiger partial charge in [0.15, 0.2) is 0 Å². The van der Waals surface area contributed by atoms with Crippen molar-refractivity contribution in [3.05, 3.63) is 64.7 Å². The van der Waals surface area contributed by atoms with Crippen LogP contribution < -0.4 is 4.74 Å². The fraction of sp³-hybridized carbons (Fsp3) is 0.350. The van der Waals surface area contributed by atoms with Crippen LogP contribution in [0.15, 0.2) is 48.5 Å². The first-order chi connectivity index (χ1) is 11.6. The van der Waals surface area contributed by atoms with E-state index in [1.807, 2.05) is 36.4 Å². The highest BCUT2D eigenvalue weighted by Crippen LogP contribution is 2.25. The van der Waals surface area contributed by atoms with Crippen molar-refractivity contribution >= 4 is 17.6 Å². The zero-order valence-corrected chi connectivity index (χ0v) is 14.9. The maximum Gasteiger partial charge on any atom is 0.313 e. The molecule has 0 radical (unpaired) electrons. The predicted octanol–water partition coefficient (Wildman–Crippen LogP) is 5.02. The molecular weight excluding hydrogens is 324 g/mol. The van der Waals surface area contributed by atoms with Gasteiger partial charge in [-0.25, -0.2) is 0 Å². The molecule has 2 aromatic carbocycles. The van der Waals surface area contributed by atoms with Crippen LogP contribution in [0.4, 0.5) is 0 Å². The lowest BCUT2D eigenvalue weighted by molar-refractivity contribution is -0.142. The number of esters is 1. The van der Waals surface area contributed by atoms with Gasteiger partial charge in [-0.2, -0.15) is 0 Å². The van der Waals surface area contributed by atoms with Gasteiger partial charge < -0.3 is 9.47 Å². The van der Waals surface area contributed by atoms with Gasteiger partial charge in [0.1, 0.15) is 5.75 Å². The molecule has 0 aliphatic rings. The topological polar surface area (TPSA) is 35.5 Å². The fourth-order valence-corrected chi connectivity index (χ4v) is 2.85. The van der Waals surface area contributed by atoms with Crippen LogP contribution >= 0.6 is 11.6 Å². The van der Waals surface area contributed by atoms with Crippen molar-refractivity contribution in [2.45, 2.75) is 31.6 Å². The van der Waals surface area contributed by atoms with E-state index in [9.17, 15) is 4.79 Å². The minimum Gasteiger partial charge on any atom is -0.497 e. The Balaban J connectivity index is 1.88. The Morgan fingerprint density at radius 3 is 2.25 bits per heavy atom. The van der Waals surface area contributed by atoms with Gasteiger partial charge in [-0.1, -0.05) is 42.3 Å². The zero-order valence-electron chi connectivity index (χ0n) is 14.1.